The van der Waals surface area contributed by atoms with Crippen molar-refractivity contribution >= 4 is 52.4 Å². The quantitative estimate of drug-likeness (QED) is 0.0735. The molecule has 15 nitrogen and oxygen atoms in total. The van der Waals surface area contributed by atoms with Crippen LogP contribution < -0.4 is 32.7 Å². The van der Waals surface area contributed by atoms with Crippen LogP contribution in [0.3, 0.4) is 0 Å². The number of nitro benzene ring substituents is 1. The fraction of sp³-hybridized carbons (Fsp3) is 0.407. The summed E-state index contributed by atoms with van der Waals surface area (Å²) in [5.74, 6) is -1.03. The van der Waals surface area contributed by atoms with E-state index in [1.54, 1.807) is 58.9 Å². The molecular weight excluding hydrogens is 550 g/mol. The van der Waals surface area contributed by atoms with E-state index in [0.29, 0.717) is 28.3 Å². The van der Waals surface area contributed by atoms with Crippen LogP contribution in [0.5, 0.6) is 0 Å². The first-order valence-corrected chi connectivity index (χ1v) is 13.0. The fourth-order valence-electron chi connectivity index (χ4n) is 3.01. The van der Waals surface area contributed by atoms with E-state index in [1.807, 2.05) is 0 Å². The number of non-ortho nitro benzene ring substituents is 1. The van der Waals surface area contributed by atoms with E-state index < -0.39 is 17.0 Å². The molecule has 0 aliphatic heterocycles. The number of nitrogens with one attached hydrogen (secondary N) is 4. The molecule has 0 aromatic heterocycles. The van der Waals surface area contributed by atoms with Crippen molar-refractivity contribution in [1.82, 2.24) is 10.6 Å². The fourth-order valence-corrected chi connectivity index (χ4v) is 3.01. The average molecular weight is 590 g/mol. The Balaban J connectivity index is 0.000000422. The summed E-state index contributed by atoms with van der Waals surface area (Å²) in [5, 5.41) is 20.9. The normalized spacial score (nSPS) is 10.2. The van der Waals surface area contributed by atoms with Crippen molar-refractivity contribution in [2.24, 2.45) is 11.8 Å². The summed E-state index contributed by atoms with van der Waals surface area (Å²) < 4.78 is 9.82. The molecule has 230 valence electrons. The van der Waals surface area contributed by atoms with Crippen LogP contribution in [0.4, 0.5) is 38.0 Å². The van der Waals surface area contributed by atoms with E-state index in [-0.39, 0.29) is 55.8 Å². The maximum atomic E-state index is 11.7. The molecule has 0 heterocycles. The lowest BCUT2D eigenvalue weighted by Gasteiger charge is -2.10. The van der Waals surface area contributed by atoms with Crippen LogP contribution in [0.25, 0.3) is 0 Å². The minimum Gasteiger partial charge on any atom is -0.464 e. The molecule has 0 aliphatic rings. The monoisotopic (exact) mass is 589 g/mol. The van der Waals surface area contributed by atoms with Crippen molar-refractivity contribution in [3.05, 3.63) is 52.1 Å². The van der Waals surface area contributed by atoms with Crippen LogP contribution in [-0.2, 0) is 19.1 Å². The molecule has 2 rings (SSSR count). The number of hydrogen-bond donors (Lipinski definition) is 6. The van der Waals surface area contributed by atoms with Crippen LogP contribution in [0.1, 0.15) is 33.3 Å². The van der Waals surface area contributed by atoms with Gasteiger partial charge in [0.25, 0.3) is 5.69 Å². The standard InChI is InChI=1S/C14H19N3O5.C13H20N4O3/c1-9(2)13(18)22-5-4-15-14(19)16-11-6-10(3)7-12(8-11)17(20)21;1-8(2)12(18)20-4-3-16-13(19)17-11-6-9(14)5-10(15)7-11/h6-9H,4-5H2,1-3H3,(H2,15,16,19);5-8H,3-4,14-15H2,1-2H3,(H2,16,17,19). The summed E-state index contributed by atoms with van der Waals surface area (Å²) in [6.45, 7) is 9.18. The van der Waals surface area contributed by atoms with Crippen molar-refractivity contribution in [2.45, 2.75) is 34.6 Å². The number of nitro groups is 1. The van der Waals surface area contributed by atoms with Gasteiger partial charge < -0.3 is 42.2 Å². The Morgan fingerprint density at radius 1 is 0.762 bits per heavy atom. The zero-order valence-corrected chi connectivity index (χ0v) is 24.3. The van der Waals surface area contributed by atoms with Gasteiger partial charge in [0.05, 0.1) is 29.8 Å². The van der Waals surface area contributed by atoms with Gasteiger partial charge in [-0.15, -0.1) is 0 Å². The zero-order chi connectivity index (χ0) is 31.8. The SMILES string of the molecule is CC(C)C(=O)OCCNC(=O)Nc1cc(N)cc(N)c1.Cc1cc(NC(=O)NCCOC(=O)C(C)C)cc([N+](=O)[O-])c1. The van der Waals surface area contributed by atoms with Gasteiger partial charge in [-0.25, -0.2) is 9.59 Å². The number of anilines is 4. The molecule has 42 heavy (non-hydrogen) atoms. The number of carbonyl (C=O) groups excluding carboxylic acids is 4. The number of benzene rings is 2. The molecule has 0 saturated carbocycles. The molecule has 4 amide bonds. The second kappa shape index (κ2) is 17.6. The third kappa shape index (κ3) is 14.3. The lowest BCUT2D eigenvalue weighted by molar-refractivity contribution is -0.384. The van der Waals surface area contributed by atoms with Gasteiger partial charge in [0.2, 0.25) is 0 Å². The van der Waals surface area contributed by atoms with Gasteiger partial charge in [-0.2, -0.15) is 0 Å². The molecule has 2 aromatic carbocycles. The third-order valence-electron chi connectivity index (χ3n) is 4.97. The number of urea groups is 2. The lowest BCUT2D eigenvalue weighted by atomic mass is 10.2. The second-order valence-electron chi connectivity index (χ2n) is 9.61. The molecule has 0 radical (unpaired) electrons. The highest BCUT2D eigenvalue weighted by Crippen LogP contribution is 2.20. The van der Waals surface area contributed by atoms with E-state index >= 15 is 0 Å². The second-order valence-corrected chi connectivity index (χ2v) is 9.61. The van der Waals surface area contributed by atoms with E-state index in [1.165, 1.54) is 12.1 Å². The van der Waals surface area contributed by atoms with Crippen molar-refractivity contribution in [2.75, 3.05) is 48.4 Å². The Morgan fingerprint density at radius 3 is 1.60 bits per heavy atom. The Kier molecular flexibility index (Phi) is 14.6. The molecule has 8 N–H and O–H groups in total. The summed E-state index contributed by atoms with van der Waals surface area (Å²) in [6, 6.07) is 8.12. The highest BCUT2D eigenvalue weighted by molar-refractivity contribution is 5.90. The van der Waals surface area contributed by atoms with Gasteiger partial charge in [-0.1, -0.05) is 27.7 Å². The molecule has 0 fully saturated rings. The number of carbonyl (C=O) groups is 4. The predicted molar refractivity (Wildman–Crippen MR) is 159 cm³/mol. The van der Waals surface area contributed by atoms with E-state index in [2.05, 4.69) is 21.3 Å². The van der Waals surface area contributed by atoms with E-state index in [9.17, 15) is 29.3 Å². The minimum absolute atomic E-state index is 0.0679. The van der Waals surface area contributed by atoms with Gasteiger partial charge >= 0.3 is 24.0 Å². The Hall–Kier alpha value is -5.08. The lowest BCUT2D eigenvalue weighted by Crippen LogP contribution is -2.32. The summed E-state index contributed by atoms with van der Waals surface area (Å²) in [7, 11) is 0. The smallest absolute Gasteiger partial charge is 0.319 e. The molecular formula is C27H39N7O8. The molecule has 15 heteroatoms. The number of esters is 2. The number of ether oxygens (including phenoxy) is 2. The van der Waals surface area contributed by atoms with Gasteiger partial charge in [0, 0.05) is 34.9 Å². The van der Waals surface area contributed by atoms with Crippen LogP contribution in [0, 0.1) is 28.9 Å². The largest absolute Gasteiger partial charge is 0.464 e. The molecule has 0 bridgehead atoms. The predicted octanol–water partition coefficient (Wildman–Crippen LogP) is 3.40. The Labute approximate surface area is 243 Å². The molecule has 0 aliphatic carbocycles. The Bertz CT molecular complexity index is 1230. The number of hydrogen-bond acceptors (Lipinski definition) is 10. The molecule has 0 atom stereocenters. The van der Waals surface area contributed by atoms with Gasteiger partial charge in [0.15, 0.2) is 0 Å². The summed E-state index contributed by atoms with van der Waals surface area (Å²) in [6.07, 6.45) is 0. The minimum atomic E-state index is -0.527. The summed E-state index contributed by atoms with van der Waals surface area (Å²) >= 11 is 0. The van der Waals surface area contributed by atoms with E-state index in [4.69, 9.17) is 20.9 Å². The molecule has 0 unspecified atom stereocenters. The van der Waals surface area contributed by atoms with Gasteiger partial charge in [0.1, 0.15) is 13.2 Å². The molecule has 0 saturated heterocycles. The maximum Gasteiger partial charge on any atom is 0.319 e. The number of nitrogens with two attached hydrogens (primary N) is 2. The van der Waals surface area contributed by atoms with Crippen LogP contribution in [0.2, 0.25) is 0 Å². The summed E-state index contributed by atoms with van der Waals surface area (Å²) in [5.41, 5.74) is 13.5. The van der Waals surface area contributed by atoms with Gasteiger partial charge in [-0.3, -0.25) is 19.7 Å². The number of amides is 4. The van der Waals surface area contributed by atoms with E-state index in [0.717, 1.165) is 0 Å². The topological polar surface area (TPSA) is 230 Å². The zero-order valence-electron chi connectivity index (χ0n) is 24.3. The third-order valence-corrected chi connectivity index (χ3v) is 4.97. The Morgan fingerprint density at radius 2 is 1.19 bits per heavy atom. The number of nitrogen functional groups attached to an aromatic ring is 2. The van der Waals surface area contributed by atoms with Crippen molar-refractivity contribution < 1.29 is 33.6 Å². The highest BCUT2D eigenvalue weighted by atomic mass is 16.6. The van der Waals surface area contributed by atoms with Crippen molar-refractivity contribution in [1.29, 1.82) is 0 Å². The highest BCUT2D eigenvalue weighted by Gasteiger charge is 2.11. The first-order valence-electron chi connectivity index (χ1n) is 13.0. The van der Waals surface area contributed by atoms with Crippen LogP contribution in [0.15, 0.2) is 36.4 Å². The first kappa shape index (κ1) is 34.9. The maximum absolute atomic E-state index is 11.7. The van der Waals surface area contributed by atoms with Crippen molar-refractivity contribution in [3.63, 3.8) is 0 Å². The molecule has 0 spiro atoms. The first-order chi connectivity index (χ1) is 19.7. The number of nitrogens with zero attached hydrogens (tertiary/aromatic N) is 1. The van der Waals surface area contributed by atoms with Gasteiger partial charge in [-0.05, 0) is 36.8 Å². The van der Waals surface area contributed by atoms with Crippen molar-refractivity contribution in [3.8, 4) is 0 Å². The number of rotatable bonds is 11. The summed E-state index contributed by atoms with van der Waals surface area (Å²) in [4.78, 5) is 55.8. The molecule has 2 aromatic rings. The van der Waals surface area contributed by atoms with Crippen LogP contribution >= 0.6 is 0 Å². The number of aryl methyl sites for hydroxylation is 1. The average Bonchev–Trinajstić information content (AvgIpc) is 2.88. The van der Waals surface area contributed by atoms with Crippen LogP contribution in [-0.4, -0.2) is 55.2 Å².